The van der Waals surface area contributed by atoms with Crippen LogP contribution in [0.25, 0.3) is 21.3 Å². The van der Waals surface area contributed by atoms with Gasteiger partial charge in [0, 0.05) is 44.2 Å². The topological polar surface area (TPSA) is 70.6 Å². The SMILES string of the molecule is COCc1nc(N2CCCC(N3CCNC3=O)C2)c2c(-c3ccccc3)csc2n1. The summed E-state index contributed by atoms with van der Waals surface area (Å²) < 4.78 is 5.33. The van der Waals surface area contributed by atoms with Gasteiger partial charge in [0.25, 0.3) is 0 Å². The van der Waals surface area contributed by atoms with Crippen LogP contribution in [0.1, 0.15) is 18.7 Å². The largest absolute Gasteiger partial charge is 0.377 e. The maximum atomic E-state index is 12.2. The van der Waals surface area contributed by atoms with Gasteiger partial charge < -0.3 is 19.9 Å². The highest BCUT2D eigenvalue weighted by Crippen LogP contribution is 2.39. The van der Waals surface area contributed by atoms with Crippen LogP contribution in [0.4, 0.5) is 10.6 Å². The van der Waals surface area contributed by atoms with Crippen molar-refractivity contribution in [3.63, 3.8) is 0 Å². The lowest BCUT2D eigenvalue weighted by Gasteiger charge is -2.38. The van der Waals surface area contributed by atoms with E-state index >= 15 is 0 Å². The number of nitrogens with one attached hydrogen (secondary N) is 1. The van der Waals surface area contributed by atoms with Gasteiger partial charge in [-0.25, -0.2) is 14.8 Å². The van der Waals surface area contributed by atoms with Crippen molar-refractivity contribution in [2.45, 2.75) is 25.5 Å². The van der Waals surface area contributed by atoms with Crippen LogP contribution < -0.4 is 10.2 Å². The lowest BCUT2D eigenvalue weighted by Crippen LogP contribution is -2.49. The van der Waals surface area contributed by atoms with Gasteiger partial charge in [0.05, 0.1) is 11.4 Å². The molecule has 8 heteroatoms. The Bertz CT molecular complexity index is 1050. The first-order valence-corrected chi connectivity index (χ1v) is 11.2. The number of urea groups is 1. The predicted molar refractivity (Wildman–Crippen MR) is 119 cm³/mol. The smallest absolute Gasteiger partial charge is 0.317 e. The van der Waals surface area contributed by atoms with Crippen LogP contribution in [0.5, 0.6) is 0 Å². The van der Waals surface area contributed by atoms with Crippen molar-refractivity contribution < 1.29 is 9.53 Å². The summed E-state index contributed by atoms with van der Waals surface area (Å²) in [5.74, 6) is 1.65. The van der Waals surface area contributed by atoms with E-state index in [1.54, 1.807) is 18.4 Å². The number of thiophene rings is 1. The van der Waals surface area contributed by atoms with Gasteiger partial charge in [-0.05, 0) is 18.4 Å². The van der Waals surface area contributed by atoms with Gasteiger partial charge in [0.2, 0.25) is 0 Å². The van der Waals surface area contributed by atoms with Crippen molar-refractivity contribution >= 4 is 33.4 Å². The summed E-state index contributed by atoms with van der Waals surface area (Å²) in [5.41, 5.74) is 2.33. The maximum absolute atomic E-state index is 12.2. The fourth-order valence-corrected chi connectivity index (χ4v) is 5.42. The Kier molecular flexibility index (Phi) is 5.26. The molecule has 2 amide bonds. The molecule has 0 aliphatic carbocycles. The quantitative estimate of drug-likeness (QED) is 0.680. The molecule has 3 aromatic rings. The number of aromatic nitrogens is 2. The van der Waals surface area contributed by atoms with Crippen molar-refractivity contribution in [3.05, 3.63) is 41.5 Å². The third-order valence-corrected chi connectivity index (χ3v) is 6.72. The van der Waals surface area contributed by atoms with Gasteiger partial charge in [0.1, 0.15) is 17.3 Å². The highest BCUT2D eigenvalue weighted by molar-refractivity contribution is 7.17. The molecule has 2 aromatic heterocycles. The molecular formula is C22H25N5O2S. The summed E-state index contributed by atoms with van der Waals surface area (Å²) in [6.45, 7) is 3.60. The van der Waals surface area contributed by atoms with Crippen LogP contribution in [0.3, 0.4) is 0 Å². The molecule has 0 bridgehead atoms. The summed E-state index contributed by atoms with van der Waals surface area (Å²) >= 11 is 1.65. The van der Waals surface area contributed by atoms with Crippen molar-refractivity contribution in [1.29, 1.82) is 0 Å². The molecule has 0 radical (unpaired) electrons. The van der Waals surface area contributed by atoms with Gasteiger partial charge in [-0.15, -0.1) is 11.3 Å². The Morgan fingerprint density at radius 1 is 1.23 bits per heavy atom. The van der Waals surface area contributed by atoms with E-state index in [0.29, 0.717) is 12.4 Å². The van der Waals surface area contributed by atoms with Gasteiger partial charge in [-0.1, -0.05) is 30.3 Å². The lowest BCUT2D eigenvalue weighted by atomic mass is 10.0. The predicted octanol–water partition coefficient (Wildman–Crippen LogP) is 3.50. The van der Waals surface area contributed by atoms with E-state index < -0.39 is 0 Å². The Hall–Kier alpha value is -2.71. The molecule has 2 saturated heterocycles. The fraction of sp³-hybridized carbons (Fsp3) is 0.409. The minimum Gasteiger partial charge on any atom is -0.377 e. The van der Waals surface area contributed by atoms with Crippen LogP contribution in [-0.2, 0) is 11.3 Å². The first kappa shape index (κ1) is 19.3. The van der Waals surface area contributed by atoms with E-state index in [4.69, 9.17) is 14.7 Å². The average molecular weight is 424 g/mol. The normalized spacial score (nSPS) is 19.5. The molecule has 2 aliphatic rings. The Morgan fingerprint density at radius 3 is 2.87 bits per heavy atom. The van der Waals surface area contributed by atoms with E-state index in [2.05, 4.69) is 39.9 Å². The van der Waals surface area contributed by atoms with Crippen LogP contribution >= 0.6 is 11.3 Å². The second-order valence-corrected chi connectivity index (χ2v) is 8.62. The van der Waals surface area contributed by atoms with E-state index in [-0.39, 0.29) is 12.1 Å². The van der Waals surface area contributed by atoms with Gasteiger partial charge >= 0.3 is 6.03 Å². The number of rotatable bonds is 5. The van der Waals surface area contributed by atoms with E-state index in [1.165, 1.54) is 5.56 Å². The zero-order valence-corrected chi connectivity index (χ0v) is 17.8. The summed E-state index contributed by atoms with van der Waals surface area (Å²) in [6, 6.07) is 10.7. The lowest BCUT2D eigenvalue weighted by molar-refractivity contribution is 0.178. The minimum atomic E-state index is 0.0512. The van der Waals surface area contributed by atoms with Crippen molar-refractivity contribution in [3.8, 4) is 11.1 Å². The van der Waals surface area contributed by atoms with Crippen molar-refractivity contribution in [1.82, 2.24) is 20.2 Å². The molecule has 0 saturated carbocycles. The molecule has 4 heterocycles. The summed E-state index contributed by atoms with van der Waals surface area (Å²) in [4.78, 5) is 27.2. The molecule has 0 spiro atoms. The number of nitrogens with zero attached hydrogens (tertiary/aromatic N) is 4. The number of carbonyl (C=O) groups excluding carboxylic acids is 1. The molecule has 5 rings (SSSR count). The number of hydrogen-bond donors (Lipinski definition) is 1. The van der Waals surface area contributed by atoms with Crippen LogP contribution in [0, 0.1) is 0 Å². The second kappa shape index (κ2) is 8.20. The first-order chi connectivity index (χ1) is 14.7. The summed E-state index contributed by atoms with van der Waals surface area (Å²) in [7, 11) is 1.67. The molecule has 1 N–H and O–H groups in total. The number of piperidine rings is 1. The fourth-order valence-electron chi connectivity index (χ4n) is 4.46. The second-order valence-electron chi connectivity index (χ2n) is 7.76. The number of ether oxygens (including phenoxy) is 1. The standard InChI is InChI=1S/C22H25N5O2S/c1-29-13-18-24-20(26-10-5-8-16(12-26)27-11-9-23-22(27)28)19-17(14-30-21(19)25-18)15-6-3-2-4-7-15/h2-4,6-7,14,16H,5,8-13H2,1H3,(H,23,28). The Morgan fingerprint density at radius 2 is 2.10 bits per heavy atom. The summed E-state index contributed by atoms with van der Waals surface area (Å²) in [6.07, 6.45) is 2.06. The third kappa shape index (κ3) is 3.50. The molecular weight excluding hydrogens is 398 g/mol. The van der Waals surface area contributed by atoms with Gasteiger partial charge in [-0.2, -0.15) is 0 Å². The van der Waals surface area contributed by atoms with Crippen LogP contribution in [0.2, 0.25) is 0 Å². The number of amides is 2. The van der Waals surface area contributed by atoms with Gasteiger partial charge in [0.15, 0.2) is 5.82 Å². The number of anilines is 1. The average Bonchev–Trinajstić information content (AvgIpc) is 3.40. The third-order valence-electron chi connectivity index (χ3n) is 5.85. The number of fused-ring (bicyclic) bond motifs is 1. The van der Waals surface area contributed by atoms with E-state index in [0.717, 1.165) is 60.6 Å². The molecule has 7 nitrogen and oxygen atoms in total. The maximum Gasteiger partial charge on any atom is 0.317 e. The summed E-state index contributed by atoms with van der Waals surface area (Å²) in [5, 5.41) is 6.20. The molecule has 1 aromatic carbocycles. The van der Waals surface area contributed by atoms with E-state index in [1.807, 2.05) is 11.0 Å². The highest BCUT2D eigenvalue weighted by Gasteiger charge is 2.33. The zero-order chi connectivity index (χ0) is 20.5. The number of carbonyl (C=O) groups is 1. The Labute approximate surface area is 179 Å². The van der Waals surface area contributed by atoms with Crippen molar-refractivity contribution in [2.75, 3.05) is 38.2 Å². The zero-order valence-electron chi connectivity index (χ0n) is 17.0. The number of hydrogen-bond acceptors (Lipinski definition) is 6. The Balaban J connectivity index is 1.57. The van der Waals surface area contributed by atoms with Crippen molar-refractivity contribution in [2.24, 2.45) is 0 Å². The first-order valence-electron chi connectivity index (χ1n) is 10.4. The number of benzene rings is 1. The molecule has 2 aliphatic heterocycles. The molecule has 30 heavy (non-hydrogen) atoms. The highest BCUT2D eigenvalue weighted by atomic mass is 32.1. The van der Waals surface area contributed by atoms with Crippen LogP contribution in [-0.4, -0.2) is 60.2 Å². The van der Waals surface area contributed by atoms with E-state index in [9.17, 15) is 4.79 Å². The molecule has 156 valence electrons. The van der Waals surface area contributed by atoms with Gasteiger partial charge in [-0.3, -0.25) is 0 Å². The van der Waals surface area contributed by atoms with Crippen LogP contribution in [0.15, 0.2) is 35.7 Å². The molecule has 2 fully saturated rings. The monoisotopic (exact) mass is 423 g/mol. The molecule has 1 unspecified atom stereocenters. The minimum absolute atomic E-state index is 0.0512. The number of methoxy groups -OCH3 is 1. The molecule has 1 atom stereocenters.